The number of hydrogen-bond donors (Lipinski definition) is 2. The van der Waals surface area contributed by atoms with Gasteiger partial charge in [-0.15, -0.1) is 0 Å². The van der Waals surface area contributed by atoms with Crippen molar-refractivity contribution < 1.29 is 14.3 Å². The van der Waals surface area contributed by atoms with Gasteiger partial charge < -0.3 is 15.8 Å². The van der Waals surface area contributed by atoms with Crippen molar-refractivity contribution in [1.29, 1.82) is 0 Å². The van der Waals surface area contributed by atoms with Gasteiger partial charge in [0.15, 0.2) is 0 Å². The van der Waals surface area contributed by atoms with E-state index in [4.69, 9.17) is 10.5 Å². The smallest absolute Gasteiger partial charge is 0.408 e. The van der Waals surface area contributed by atoms with Crippen LogP contribution in [0.2, 0.25) is 0 Å². The second-order valence-electron chi connectivity index (χ2n) is 5.85. The van der Waals surface area contributed by atoms with Gasteiger partial charge in [-0.2, -0.15) is 0 Å². The van der Waals surface area contributed by atoms with Crippen molar-refractivity contribution >= 4 is 12.0 Å². The molecular formula is C11H22N2O3. The first-order valence-electron chi connectivity index (χ1n) is 5.22. The summed E-state index contributed by atoms with van der Waals surface area (Å²) in [5.41, 5.74) is 4.19. The van der Waals surface area contributed by atoms with Gasteiger partial charge in [0.1, 0.15) is 11.6 Å². The normalized spacial score (nSPS) is 14.1. The first-order valence-corrected chi connectivity index (χ1v) is 5.22. The molecule has 0 aromatic carbocycles. The Morgan fingerprint density at radius 1 is 1.12 bits per heavy atom. The van der Waals surface area contributed by atoms with Gasteiger partial charge in [-0.1, -0.05) is 20.8 Å². The zero-order valence-corrected chi connectivity index (χ0v) is 10.9. The van der Waals surface area contributed by atoms with Crippen LogP contribution in [0.1, 0.15) is 41.5 Å². The molecule has 0 fully saturated rings. The molecule has 0 rings (SSSR count). The van der Waals surface area contributed by atoms with Crippen molar-refractivity contribution in [2.45, 2.75) is 53.2 Å². The highest BCUT2D eigenvalue weighted by molar-refractivity contribution is 5.85. The van der Waals surface area contributed by atoms with Crippen LogP contribution in [0.4, 0.5) is 4.79 Å². The lowest BCUT2D eigenvalue weighted by molar-refractivity contribution is -0.122. The van der Waals surface area contributed by atoms with Crippen LogP contribution in [0.25, 0.3) is 0 Å². The monoisotopic (exact) mass is 230 g/mol. The van der Waals surface area contributed by atoms with Crippen LogP contribution in [0.3, 0.4) is 0 Å². The molecule has 0 aliphatic carbocycles. The largest absolute Gasteiger partial charge is 0.444 e. The molecule has 1 atom stereocenters. The zero-order chi connectivity index (χ0) is 13.1. The van der Waals surface area contributed by atoms with Crippen molar-refractivity contribution in [2.24, 2.45) is 11.1 Å². The van der Waals surface area contributed by atoms with Gasteiger partial charge in [0.2, 0.25) is 5.91 Å². The number of primary amides is 1. The van der Waals surface area contributed by atoms with E-state index >= 15 is 0 Å². The number of carbonyl (C=O) groups is 2. The Labute approximate surface area is 96.7 Å². The Hall–Kier alpha value is -1.26. The number of amides is 2. The van der Waals surface area contributed by atoms with E-state index in [1.54, 1.807) is 20.8 Å². The number of nitrogens with two attached hydrogens (primary N) is 1. The maximum absolute atomic E-state index is 11.5. The molecule has 0 spiro atoms. The minimum absolute atomic E-state index is 0.442. The van der Waals surface area contributed by atoms with E-state index in [1.807, 2.05) is 20.8 Å². The summed E-state index contributed by atoms with van der Waals surface area (Å²) in [4.78, 5) is 22.7. The van der Waals surface area contributed by atoms with E-state index in [0.29, 0.717) is 0 Å². The Morgan fingerprint density at radius 2 is 1.56 bits per heavy atom. The highest BCUT2D eigenvalue weighted by Gasteiger charge is 2.32. The summed E-state index contributed by atoms with van der Waals surface area (Å²) in [6, 6.07) is -0.748. The lowest BCUT2D eigenvalue weighted by Crippen LogP contribution is -2.53. The van der Waals surface area contributed by atoms with E-state index in [9.17, 15) is 9.59 Å². The first kappa shape index (κ1) is 14.7. The van der Waals surface area contributed by atoms with Crippen molar-refractivity contribution in [2.75, 3.05) is 0 Å². The summed E-state index contributed by atoms with van der Waals surface area (Å²) >= 11 is 0. The zero-order valence-electron chi connectivity index (χ0n) is 10.9. The fourth-order valence-corrected chi connectivity index (χ4v) is 1.14. The molecule has 3 N–H and O–H groups in total. The fraction of sp³-hybridized carbons (Fsp3) is 0.818. The van der Waals surface area contributed by atoms with Crippen LogP contribution < -0.4 is 11.1 Å². The average Bonchev–Trinajstić information content (AvgIpc) is 1.93. The second kappa shape index (κ2) is 4.72. The van der Waals surface area contributed by atoms with Crippen molar-refractivity contribution in [1.82, 2.24) is 5.32 Å². The number of hydrogen-bond acceptors (Lipinski definition) is 3. The Balaban J connectivity index is 4.56. The summed E-state index contributed by atoms with van der Waals surface area (Å²) < 4.78 is 5.06. The van der Waals surface area contributed by atoms with Gasteiger partial charge >= 0.3 is 6.09 Å². The summed E-state index contributed by atoms with van der Waals surface area (Å²) in [7, 11) is 0. The molecule has 0 aliphatic rings. The predicted molar refractivity (Wildman–Crippen MR) is 61.8 cm³/mol. The van der Waals surface area contributed by atoms with Crippen molar-refractivity contribution in [3.63, 3.8) is 0 Å². The third-order valence-electron chi connectivity index (χ3n) is 1.81. The van der Waals surface area contributed by atoms with Crippen LogP contribution >= 0.6 is 0 Å². The molecule has 2 amide bonds. The van der Waals surface area contributed by atoms with E-state index in [2.05, 4.69) is 5.32 Å². The highest BCUT2D eigenvalue weighted by atomic mass is 16.6. The summed E-state index contributed by atoms with van der Waals surface area (Å²) in [5.74, 6) is -0.571. The molecule has 1 unspecified atom stereocenters. The number of carbonyl (C=O) groups excluding carboxylic acids is 2. The third-order valence-corrected chi connectivity index (χ3v) is 1.81. The number of ether oxygens (including phenoxy) is 1. The third kappa shape index (κ3) is 5.58. The molecule has 0 radical (unpaired) electrons. The summed E-state index contributed by atoms with van der Waals surface area (Å²) in [6.07, 6.45) is -0.633. The molecule has 0 bridgehead atoms. The Bertz CT molecular complexity index is 274. The minimum atomic E-state index is -0.748. The molecule has 94 valence electrons. The maximum Gasteiger partial charge on any atom is 0.408 e. The van der Waals surface area contributed by atoms with Gasteiger partial charge in [0, 0.05) is 0 Å². The van der Waals surface area contributed by atoms with Crippen LogP contribution in [-0.2, 0) is 9.53 Å². The Kier molecular flexibility index (Phi) is 4.35. The number of rotatable bonds is 2. The molecule has 0 aromatic rings. The molecule has 0 saturated heterocycles. The van der Waals surface area contributed by atoms with Crippen LogP contribution in [0.5, 0.6) is 0 Å². The van der Waals surface area contributed by atoms with Gasteiger partial charge in [-0.05, 0) is 26.2 Å². The quantitative estimate of drug-likeness (QED) is 0.752. The summed E-state index contributed by atoms with van der Waals surface area (Å²) in [5, 5.41) is 2.48. The average molecular weight is 230 g/mol. The number of nitrogens with one attached hydrogen (secondary N) is 1. The van der Waals surface area contributed by atoms with E-state index in [1.165, 1.54) is 0 Å². The van der Waals surface area contributed by atoms with Crippen LogP contribution in [0, 0.1) is 5.41 Å². The first-order chi connectivity index (χ1) is 6.93. The lowest BCUT2D eigenvalue weighted by atomic mass is 9.86. The minimum Gasteiger partial charge on any atom is -0.444 e. The second-order valence-corrected chi connectivity index (χ2v) is 5.85. The molecule has 5 nitrogen and oxygen atoms in total. The highest BCUT2D eigenvalue weighted by Crippen LogP contribution is 2.19. The predicted octanol–water partition coefficient (Wildman–Crippen LogP) is 1.41. The SMILES string of the molecule is CC(C)(C)OC(=O)NC(C(N)=O)C(C)(C)C. The number of alkyl carbamates (subject to hydrolysis) is 1. The molecule has 0 saturated carbocycles. The molecule has 5 heteroatoms. The molecule has 16 heavy (non-hydrogen) atoms. The maximum atomic E-state index is 11.5. The lowest BCUT2D eigenvalue weighted by Gasteiger charge is -2.29. The fourth-order valence-electron chi connectivity index (χ4n) is 1.14. The molecule has 0 aromatic heterocycles. The molecule has 0 heterocycles. The van der Waals surface area contributed by atoms with Gasteiger partial charge in [0.25, 0.3) is 0 Å². The Morgan fingerprint density at radius 3 is 1.81 bits per heavy atom. The van der Waals surface area contributed by atoms with Crippen molar-refractivity contribution in [3.8, 4) is 0 Å². The van der Waals surface area contributed by atoms with Gasteiger partial charge in [-0.3, -0.25) is 4.79 Å². The van der Waals surface area contributed by atoms with E-state index in [-0.39, 0.29) is 0 Å². The van der Waals surface area contributed by atoms with Crippen LogP contribution in [0.15, 0.2) is 0 Å². The van der Waals surface area contributed by atoms with E-state index < -0.39 is 29.1 Å². The van der Waals surface area contributed by atoms with Crippen molar-refractivity contribution in [3.05, 3.63) is 0 Å². The van der Waals surface area contributed by atoms with Gasteiger partial charge in [0.05, 0.1) is 0 Å². The topological polar surface area (TPSA) is 81.4 Å². The standard InChI is InChI=1S/C11H22N2O3/c1-10(2,3)7(8(12)14)13-9(15)16-11(4,5)6/h7H,1-6H3,(H2,12,14)(H,13,15). The molecule has 0 aliphatic heterocycles. The summed E-state index contributed by atoms with van der Waals surface area (Å²) in [6.45, 7) is 10.7. The van der Waals surface area contributed by atoms with Gasteiger partial charge in [-0.25, -0.2) is 4.79 Å². The van der Waals surface area contributed by atoms with E-state index in [0.717, 1.165) is 0 Å². The molecular weight excluding hydrogens is 208 g/mol. The van der Waals surface area contributed by atoms with Crippen LogP contribution in [-0.4, -0.2) is 23.6 Å².